The van der Waals surface area contributed by atoms with Crippen LogP contribution >= 0.6 is 0 Å². The maximum absolute atomic E-state index is 10.8. The molecule has 2 fully saturated rings. The van der Waals surface area contributed by atoms with Gasteiger partial charge < -0.3 is 15.3 Å². The molecule has 0 aromatic rings. The average molecular weight is 254 g/mol. The van der Waals surface area contributed by atoms with Crippen molar-refractivity contribution >= 4 is 5.97 Å². The van der Waals surface area contributed by atoms with Gasteiger partial charge in [-0.3, -0.25) is 4.79 Å². The summed E-state index contributed by atoms with van der Waals surface area (Å²) < 4.78 is 0. The van der Waals surface area contributed by atoms with E-state index in [1.54, 1.807) is 0 Å². The van der Waals surface area contributed by atoms with Gasteiger partial charge in [-0.2, -0.15) is 0 Å². The number of likely N-dealkylation sites (tertiary alicyclic amines) is 1. The minimum atomic E-state index is -0.660. The van der Waals surface area contributed by atoms with Gasteiger partial charge in [-0.15, -0.1) is 0 Å². The minimum absolute atomic E-state index is 0.308. The number of carbonyl (C=O) groups is 1. The molecule has 2 N–H and O–H groups in total. The highest BCUT2D eigenvalue weighted by Crippen LogP contribution is 2.22. The van der Waals surface area contributed by atoms with Crippen molar-refractivity contribution in [3.8, 4) is 0 Å². The molecule has 1 saturated carbocycles. The van der Waals surface area contributed by atoms with Crippen LogP contribution in [0.15, 0.2) is 0 Å². The first-order valence-electron chi connectivity index (χ1n) is 7.30. The molecule has 2 rings (SSSR count). The third-order valence-electron chi connectivity index (χ3n) is 4.26. The van der Waals surface area contributed by atoms with Gasteiger partial charge in [-0.05, 0) is 32.2 Å². The first kappa shape index (κ1) is 13.8. The van der Waals surface area contributed by atoms with Crippen LogP contribution in [0.5, 0.6) is 0 Å². The Hall–Kier alpha value is -0.610. The summed E-state index contributed by atoms with van der Waals surface area (Å²) in [6.07, 6.45) is 8.00. The van der Waals surface area contributed by atoms with Gasteiger partial charge in [-0.1, -0.05) is 19.3 Å². The van der Waals surface area contributed by atoms with E-state index in [0.717, 1.165) is 19.5 Å². The number of rotatable bonds is 4. The topological polar surface area (TPSA) is 52.6 Å². The van der Waals surface area contributed by atoms with Crippen LogP contribution in [-0.2, 0) is 4.79 Å². The Morgan fingerprint density at radius 1 is 1.22 bits per heavy atom. The number of piperidine rings is 1. The third kappa shape index (κ3) is 4.25. The van der Waals surface area contributed by atoms with Gasteiger partial charge in [0, 0.05) is 31.6 Å². The summed E-state index contributed by atoms with van der Waals surface area (Å²) in [4.78, 5) is 13.1. The van der Waals surface area contributed by atoms with E-state index in [0.29, 0.717) is 24.4 Å². The molecule has 2 aliphatic rings. The lowest BCUT2D eigenvalue weighted by atomic mass is 9.89. The normalized spacial score (nSPS) is 31.4. The molecule has 0 bridgehead atoms. The van der Waals surface area contributed by atoms with Crippen molar-refractivity contribution in [2.45, 2.75) is 57.0 Å². The van der Waals surface area contributed by atoms with Crippen LogP contribution in [-0.4, -0.2) is 48.2 Å². The lowest BCUT2D eigenvalue weighted by Gasteiger charge is -2.38. The highest BCUT2D eigenvalue weighted by Gasteiger charge is 2.28. The van der Waals surface area contributed by atoms with E-state index in [-0.39, 0.29) is 0 Å². The van der Waals surface area contributed by atoms with Gasteiger partial charge in [0.2, 0.25) is 0 Å². The Morgan fingerprint density at radius 3 is 2.61 bits per heavy atom. The van der Waals surface area contributed by atoms with E-state index in [2.05, 4.69) is 17.3 Å². The fourth-order valence-electron chi connectivity index (χ4n) is 3.56. The van der Waals surface area contributed by atoms with Crippen molar-refractivity contribution in [2.75, 3.05) is 20.1 Å². The van der Waals surface area contributed by atoms with Gasteiger partial charge in [0.05, 0.1) is 0 Å². The van der Waals surface area contributed by atoms with Crippen LogP contribution in [0.1, 0.15) is 44.9 Å². The van der Waals surface area contributed by atoms with Crippen molar-refractivity contribution in [1.82, 2.24) is 10.2 Å². The number of hydrogen-bond donors (Lipinski definition) is 2. The van der Waals surface area contributed by atoms with Crippen molar-refractivity contribution in [3.05, 3.63) is 0 Å². The highest BCUT2D eigenvalue weighted by molar-refractivity contribution is 5.67. The molecule has 4 nitrogen and oxygen atoms in total. The predicted octanol–water partition coefficient (Wildman–Crippen LogP) is 1.70. The summed E-state index contributed by atoms with van der Waals surface area (Å²) in [6.45, 7) is 1.99. The van der Waals surface area contributed by atoms with Gasteiger partial charge in [-0.25, -0.2) is 0 Å². The van der Waals surface area contributed by atoms with Gasteiger partial charge >= 0.3 is 5.97 Å². The standard InChI is InChI=1S/C14H26N2O2/c1-16-9-11(8-14(17)18)7-13(10-16)15-12-5-3-2-4-6-12/h11-13,15H,2-10H2,1H3,(H,17,18). The molecule has 1 aliphatic carbocycles. The highest BCUT2D eigenvalue weighted by atomic mass is 16.4. The van der Waals surface area contributed by atoms with Crippen molar-refractivity contribution < 1.29 is 9.90 Å². The van der Waals surface area contributed by atoms with Gasteiger partial charge in [0.15, 0.2) is 0 Å². The molecule has 2 unspecified atom stereocenters. The van der Waals surface area contributed by atoms with Crippen LogP contribution in [0.3, 0.4) is 0 Å². The van der Waals surface area contributed by atoms with Crippen LogP contribution < -0.4 is 5.32 Å². The zero-order valence-electron chi connectivity index (χ0n) is 11.4. The molecule has 1 aliphatic heterocycles. The number of carboxylic acid groups (broad SMARTS) is 1. The summed E-state index contributed by atoms with van der Waals surface area (Å²) >= 11 is 0. The smallest absolute Gasteiger partial charge is 0.303 e. The summed E-state index contributed by atoms with van der Waals surface area (Å²) in [6, 6.07) is 1.15. The third-order valence-corrected chi connectivity index (χ3v) is 4.26. The molecule has 0 aromatic heterocycles. The zero-order valence-corrected chi connectivity index (χ0v) is 11.4. The van der Waals surface area contributed by atoms with E-state index in [4.69, 9.17) is 5.11 Å². The second kappa shape index (κ2) is 6.53. The molecule has 0 aromatic carbocycles. The fourth-order valence-corrected chi connectivity index (χ4v) is 3.56. The van der Waals surface area contributed by atoms with Crippen LogP contribution in [0.4, 0.5) is 0 Å². The first-order valence-corrected chi connectivity index (χ1v) is 7.30. The number of nitrogens with zero attached hydrogens (tertiary/aromatic N) is 1. The largest absolute Gasteiger partial charge is 0.481 e. The van der Waals surface area contributed by atoms with E-state index in [1.807, 2.05) is 0 Å². The van der Waals surface area contributed by atoms with Crippen molar-refractivity contribution in [2.24, 2.45) is 5.92 Å². The number of nitrogens with one attached hydrogen (secondary N) is 1. The Morgan fingerprint density at radius 2 is 1.94 bits per heavy atom. The second-order valence-corrected chi connectivity index (χ2v) is 6.12. The molecule has 1 heterocycles. The lowest BCUT2D eigenvalue weighted by molar-refractivity contribution is -0.138. The molecule has 4 heteroatoms. The molecule has 0 radical (unpaired) electrons. The molecule has 2 atom stereocenters. The Labute approximate surface area is 110 Å². The number of likely N-dealkylation sites (N-methyl/N-ethyl adjacent to an activating group) is 1. The van der Waals surface area contributed by atoms with E-state index < -0.39 is 5.97 Å². The number of carboxylic acids is 1. The zero-order chi connectivity index (χ0) is 13.0. The van der Waals surface area contributed by atoms with Crippen molar-refractivity contribution in [1.29, 1.82) is 0 Å². The van der Waals surface area contributed by atoms with Crippen LogP contribution in [0, 0.1) is 5.92 Å². The second-order valence-electron chi connectivity index (χ2n) is 6.12. The maximum atomic E-state index is 10.8. The van der Waals surface area contributed by atoms with Crippen molar-refractivity contribution in [3.63, 3.8) is 0 Å². The summed E-state index contributed by atoms with van der Waals surface area (Å²) in [5, 5.41) is 12.7. The molecular formula is C14H26N2O2. The molecule has 0 spiro atoms. The maximum Gasteiger partial charge on any atom is 0.303 e. The van der Waals surface area contributed by atoms with Crippen LogP contribution in [0.25, 0.3) is 0 Å². The van der Waals surface area contributed by atoms with E-state index in [1.165, 1.54) is 32.1 Å². The van der Waals surface area contributed by atoms with E-state index >= 15 is 0 Å². The molecular weight excluding hydrogens is 228 g/mol. The lowest BCUT2D eigenvalue weighted by Crippen LogP contribution is -2.51. The fraction of sp³-hybridized carbons (Fsp3) is 0.929. The van der Waals surface area contributed by atoms with Gasteiger partial charge in [0.25, 0.3) is 0 Å². The van der Waals surface area contributed by atoms with E-state index in [9.17, 15) is 4.79 Å². The minimum Gasteiger partial charge on any atom is -0.481 e. The molecule has 1 saturated heterocycles. The van der Waals surface area contributed by atoms with Gasteiger partial charge in [0.1, 0.15) is 0 Å². The molecule has 18 heavy (non-hydrogen) atoms. The Bertz CT molecular complexity index is 277. The molecule has 104 valence electrons. The number of aliphatic carboxylic acids is 1. The number of hydrogen-bond acceptors (Lipinski definition) is 3. The summed E-state index contributed by atoms with van der Waals surface area (Å²) in [5.41, 5.74) is 0. The predicted molar refractivity (Wildman–Crippen MR) is 71.7 cm³/mol. The SMILES string of the molecule is CN1CC(CC(=O)O)CC(NC2CCCCC2)C1. The molecule has 0 amide bonds. The quantitative estimate of drug-likeness (QED) is 0.802. The average Bonchev–Trinajstić information content (AvgIpc) is 2.28. The van der Waals surface area contributed by atoms with Crippen LogP contribution in [0.2, 0.25) is 0 Å². The first-order chi connectivity index (χ1) is 8.63. The Kier molecular flexibility index (Phi) is 5.01. The summed E-state index contributed by atoms with van der Waals surface area (Å²) in [7, 11) is 2.10. The summed E-state index contributed by atoms with van der Waals surface area (Å²) in [5.74, 6) is -0.353. The monoisotopic (exact) mass is 254 g/mol. The Balaban J connectivity index is 1.81.